The number of amides is 1. The van der Waals surface area contributed by atoms with E-state index >= 15 is 0 Å². The highest BCUT2D eigenvalue weighted by atomic mass is 32.2. The van der Waals surface area contributed by atoms with E-state index in [1.165, 1.54) is 44.4 Å². The Kier molecular flexibility index (Phi) is 7.53. The van der Waals surface area contributed by atoms with Crippen LogP contribution >= 0.6 is 0 Å². The Balaban J connectivity index is 1.81. The van der Waals surface area contributed by atoms with E-state index in [9.17, 15) is 17.6 Å². The van der Waals surface area contributed by atoms with Crippen LogP contribution in [0.5, 0.6) is 0 Å². The largest absolute Gasteiger partial charge is 0.369 e. The van der Waals surface area contributed by atoms with Gasteiger partial charge in [-0.15, -0.1) is 0 Å². The van der Waals surface area contributed by atoms with Crippen LogP contribution in [0.3, 0.4) is 0 Å². The summed E-state index contributed by atoms with van der Waals surface area (Å²) in [6, 6.07) is 10.1. The predicted molar refractivity (Wildman–Crippen MR) is 124 cm³/mol. The van der Waals surface area contributed by atoms with E-state index in [2.05, 4.69) is 22.0 Å². The number of nitrogens with zero attached hydrogens (tertiary/aromatic N) is 3. The zero-order valence-corrected chi connectivity index (χ0v) is 19.8. The molecule has 1 fully saturated rings. The molecule has 1 N–H and O–H groups in total. The molecule has 0 radical (unpaired) electrons. The van der Waals surface area contributed by atoms with Crippen molar-refractivity contribution in [2.75, 3.05) is 51.7 Å². The fourth-order valence-corrected chi connectivity index (χ4v) is 4.78. The molecule has 1 atom stereocenters. The number of likely N-dealkylation sites (N-methyl/N-ethyl adjacent to an activating group) is 1. The second-order valence-corrected chi connectivity index (χ2v) is 10.3. The van der Waals surface area contributed by atoms with E-state index in [1.54, 1.807) is 19.1 Å². The fraction of sp³-hybridized carbons (Fsp3) is 0.435. The Morgan fingerprint density at radius 3 is 2.44 bits per heavy atom. The van der Waals surface area contributed by atoms with E-state index in [0.29, 0.717) is 5.56 Å². The molecule has 1 heterocycles. The second-order valence-electron chi connectivity index (χ2n) is 8.13. The molecule has 7 nitrogen and oxygen atoms in total. The summed E-state index contributed by atoms with van der Waals surface area (Å²) in [7, 11) is -0.773. The van der Waals surface area contributed by atoms with E-state index in [0.717, 1.165) is 42.7 Å². The van der Waals surface area contributed by atoms with E-state index < -0.39 is 22.0 Å². The summed E-state index contributed by atoms with van der Waals surface area (Å²) in [6.45, 7) is 8.46. The van der Waals surface area contributed by atoms with Gasteiger partial charge in [-0.05, 0) is 49.9 Å². The lowest BCUT2D eigenvalue weighted by Gasteiger charge is -2.37. The minimum atomic E-state index is -3.65. The average Bonchev–Trinajstić information content (AvgIpc) is 2.79. The number of nitrogens with one attached hydrogen (secondary N) is 1. The van der Waals surface area contributed by atoms with Crippen LogP contribution in [0.25, 0.3) is 0 Å². The third kappa shape index (κ3) is 5.28. The van der Waals surface area contributed by atoms with Crippen molar-refractivity contribution in [1.29, 1.82) is 0 Å². The van der Waals surface area contributed by atoms with Crippen LogP contribution in [-0.2, 0) is 10.0 Å². The lowest BCUT2D eigenvalue weighted by molar-refractivity contribution is 0.0939. The third-order valence-corrected chi connectivity index (χ3v) is 7.65. The molecular weight excluding hydrogens is 431 g/mol. The van der Waals surface area contributed by atoms with Crippen LogP contribution in [0.2, 0.25) is 0 Å². The first kappa shape index (κ1) is 24.2. The molecule has 2 aromatic carbocycles. The number of carbonyl (C=O) groups is 1. The van der Waals surface area contributed by atoms with Crippen molar-refractivity contribution in [3.63, 3.8) is 0 Å². The molecule has 3 rings (SSSR count). The maximum absolute atomic E-state index is 14.1. The second kappa shape index (κ2) is 9.97. The van der Waals surface area contributed by atoms with Crippen molar-refractivity contribution in [2.24, 2.45) is 0 Å². The first-order chi connectivity index (χ1) is 15.1. The van der Waals surface area contributed by atoms with Gasteiger partial charge in [0, 0.05) is 57.1 Å². The fourth-order valence-electron chi connectivity index (χ4n) is 3.83. The van der Waals surface area contributed by atoms with Gasteiger partial charge in [0.05, 0.1) is 10.9 Å². The van der Waals surface area contributed by atoms with E-state index in [-0.39, 0.29) is 16.3 Å². The highest BCUT2D eigenvalue weighted by molar-refractivity contribution is 7.89. The molecule has 0 aliphatic carbocycles. The van der Waals surface area contributed by atoms with Crippen molar-refractivity contribution < 1.29 is 17.6 Å². The highest BCUT2D eigenvalue weighted by Gasteiger charge is 2.23. The monoisotopic (exact) mass is 462 g/mol. The average molecular weight is 463 g/mol. The molecule has 0 spiro atoms. The first-order valence-electron chi connectivity index (χ1n) is 10.7. The van der Waals surface area contributed by atoms with E-state index in [4.69, 9.17) is 0 Å². The van der Waals surface area contributed by atoms with Crippen LogP contribution in [-0.4, -0.2) is 70.3 Å². The maximum Gasteiger partial charge on any atom is 0.251 e. The number of anilines is 1. The lowest BCUT2D eigenvalue weighted by atomic mass is 10.0. The maximum atomic E-state index is 14.1. The Labute approximate surface area is 189 Å². The van der Waals surface area contributed by atoms with Crippen molar-refractivity contribution in [2.45, 2.75) is 24.8 Å². The molecule has 0 bridgehead atoms. The molecule has 1 aliphatic heterocycles. The molecule has 1 saturated heterocycles. The summed E-state index contributed by atoms with van der Waals surface area (Å²) in [4.78, 5) is 17.5. The molecule has 9 heteroatoms. The Hall–Kier alpha value is -2.49. The number of sulfonamides is 1. The van der Waals surface area contributed by atoms with Crippen LogP contribution in [0, 0.1) is 5.82 Å². The minimum absolute atomic E-state index is 0.0445. The topological polar surface area (TPSA) is 73.0 Å². The Morgan fingerprint density at radius 1 is 1.12 bits per heavy atom. The van der Waals surface area contributed by atoms with Gasteiger partial charge < -0.3 is 15.1 Å². The molecule has 1 unspecified atom stereocenters. The van der Waals surface area contributed by atoms with Crippen LogP contribution in [0.1, 0.15) is 35.8 Å². The van der Waals surface area contributed by atoms with Crippen molar-refractivity contribution in [3.05, 3.63) is 59.4 Å². The van der Waals surface area contributed by atoms with Gasteiger partial charge in [-0.3, -0.25) is 4.79 Å². The van der Waals surface area contributed by atoms with Gasteiger partial charge in [-0.2, -0.15) is 0 Å². The minimum Gasteiger partial charge on any atom is -0.369 e. The molecule has 174 valence electrons. The van der Waals surface area contributed by atoms with Gasteiger partial charge in [0.15, 0.2) is 0 Å². The Morgan fingerprint density at radius 2 is 1.81 bits per heavy atom. The third-order valence-electron chi connectivity index (χ3n) is 5.84. The normalized spacial score (nSPS) is 16.2. The first-order valence-corrected chi connectivity index (χ1v) is 12.2. The smallest absolute Gasteiger partial charge is 0.251 e. The van der Waals surface area contributed by atoms with Crippen LogP contribution < -0.4 is 10.2 Å². The van der Waals surface area contributed by atoms with Crippen molar-refractivity contribution in [1.82, 2.24) is 14.5 Å². The number of rotatable bonds is 7. The number of piperazine rings is 1. The van der Waals surface area contributed by atoms with Crippen molar-refractivity contribution >= 4 is 21.6 Å². The molecule has 0 aromatic heterocycles. The van der Waals surface area contributed by atoms with Gasteiger partial charge in [-0.1, -0.05) is 13.0 Å². The number of hydrogen-bond donors (Lipinski definition) is 1. The summed E-state index contributed by atoms with van der Waals surface area (Å²) >= 11 is 0. The molecular formula is C23H31FN4O3S. The quantitative estimate of drug-likeness (QED) is 0.685. The summed E-state index contributed by atoms with van der Waals surface area (Å²) in [5, 5.41) is 2.90. The molecule has 0 saturated carbocycles. The zero-order chi connectivity index (χ0) is 23.5. The number of halogens is 1. The van der Waals surface area contributed by atoms with Gasteiger partial charge in [0.1, 0.15) is 5.82 Å². The standard InChI is InChI=1S/C23H31FN4O3S/c1-5-27-11-13-28(14-12-27)22-10-9-19(24)16-21(22)17(2)25-23(29)18-7-6-8-20(15-18)32(30,31)26(3)4/h6-10,15-17H,5,11-14H2,1-4H3,(H,25,29). The summed E-state index contributed by atoms with van der Waals surface area (Å²) in [5.41, 5.74) is 1.83. The van der Waals surface area contributed by atoms with Gasteiger partial charge in [0.25, 0.3) is 5.91 Å². The number of benzene rings is 2. The molecule has 32 heavy (non-hydrogen) atoms. The SMILES string of the molecule is CCN1CCN(c2ccc(F)cc2C(C)NC(=O)c2cccc(S(=O)(=O)N(C)C)c2)CC1. The number of carbonyl (C=O) groups excluding carboxylic acids is 1. The molecule has 1 amide bonds. The van der Waals surface area contributed by atoms with Gasteiger partial charge in [0.2, 0.25) is 10.0 Å². The van der Waals surface area contributed by atoms with Gasteiger partial charge >= 0.3 is 0 Å². The summed E-state index contributed by atoms with van der Waals surface area (Å²) in [6.07, 6.45) is 0. The highest BCUT2D eigenvalue weighted by Crippen LogP contribution is 2.29. The van der Waals surface area contributed by atoms with Gasteiger partial charge in [-0.25, -0.2) is 17.1 Å². The summed E-state index contributed by atoms with van der Waals surface area (Å²) in [5.74, 6) is -0.782. The molecule has 2 aromatic rings. The van der Waals surface area contributed by atoms with Crippen LogP contribution in [0.15, 0.2) is 47.4 Å². The predicted octanol–water partition coefficient (Wildman–Crippen LogP) is 2.71. The summed E-state index contributed by atoms with van der Waals surface area (Å²) < 4.78 is 40.0. The molecule has 1 aliphatic rings. The Bertz CT molecular complexity index is 1070. The van der Waals surface area contributed by atoms with Crippen LogP contribution in [0.4, 0.5) is 10.1 Å². The van der Waals surface area contributed by atoms with Crippen molar-refractivity contribution in [3.8, 4) is 0 Å². The van der Waals surface area contributed by atoms with E-state index in [1.807, 2.05) is 0 Å². The zero-order valence-electron chi connectivity index (χ0n) is 19.0. The lowest BCUT2D eigenvalue weighted by Crippen LogP contribution is -2.46. The number of hydrogen-bond acceptors (Lipinski definition) is 5.